The Bertz CT molecular complexity index is 688. The van der Waals surface area contributed by atoms with Crippen LogP contribution in [0.25, 0.3) is 11.0 Å². The molecule has 0 saturated carbocycles. The summed E-state index contributed by atoms with van der Waals surface area (Å²) < 4.78 is 5.39. The summed E-state index contributed by atoms with van der Waals surface area (Å²) in [6, 6.07) is 5.58. The second kappa shape index (κ2) is 5.13. The summed E-state index contributed by atoms with van der Waals surface area (Å²) in [6.45, 7) is 3.02. The summed E-state index contributed by atoms with van der Waals surface area (Å²) in [5.74, 6) is -0.0385. The third-order valence-corrected chi connectivity index (χ3v) is 3.76. The molecule has 20 heavy (non-hydrogen) atoms. The van der Waals surface area contributed by atoms with Gasteiger partial charge in [0.1, 0.15) is 0 Å². The summed E-state index contributed by atoms with van der Waals surface area (Å²) in [5, 5.41) is 2.92. The Kier molecular flexibility index (Phi) is 3.31. The standard InChI is InChI=1S/C14H17N3O3/c1-8-10(4-5-20-8)13(18)15-7-9-2-3-11-12(6-9)17-14(19)16-11/h2-3,6,8,10H,4-5,7H2,1H3,(H,15,18)(H2,16,17,19)/t8-,10-/m1/s1. The zero-order chi connectivity index (χ0) is 14.1. The van der Waals surface area contributed by atoms with Crippen LogP contribution >= 0.6 is 0 Å². The van der Waals surface area contributed by atoms with E-state index in [1.165, 1.54) is 0 Å². The SMILES string of the molecule is C[C@H]1OCC[C@H]1C(=O)NCc1ccc2[nH]c(=O)[nH]c2c1. The zero-order valence-electron chi connectivity index (χ0n) is 11.2. The molecule has 6 heteroatoms. The molecule has 1 amide bonds. The number of imidazole rings is 1. The van der Waals surface area contributed by atoms with Crippen molar-refractivity contribution in [2.45, 2.75) is 26.0 Å². The molecule has 0 spiro atoms. The van der Waals surface area contributed by atoms with Gasteiger partial charge in [0.25, 0.3) is 0 Å². The van der Waals surface area contributed by atoms with E-state index in [0.717, 1.165) is 23.0 Å². The van der Waals surface area contributed by atoms with Crippen LogP contribution in [-0.4, -0.2) is 28.6 Å². The third-order valence-electron chi connectivity index (χ3n) is 3.76. The maximum absolute atomic E-state index is 12.0. The first-order chi connectivity index (χ1) is 9.63. The highest BCUT2D eigenvalue weighted by molar-refractivity contribution is 5.80. The molecule has 2 aromatic rings. The first-order valence-corrected chi connectivity index (χ1v) is 6.74. The number of carbonyl (C=O) groups is 1. The minimum atomic E-state index is -0.224. The Morgan fingerprint density at radius 3 is 2.95 bits per heavy atom. The fourth-order valence-electron chi connectivity index (χ4n) is 2.59. The van der Waals surface area contributed by atoms with Crippen molar-refractivity contribution in [2.75, 3.05) is 6.61 Å². The highest BCUT2D eigenvalue weighted by atomic mass is 16.5. The van der Waals surface area contributed by atoms with Crippen molar-refractivity contribution >= 4 is 16.9 Å². The lowest BCUT2D eigenvalue weighted by Gasteiger charge is -2.14. The van der Waals surface area contributed by atoms with Crippen molar-refractivity contribution in [1.29, 1.82) is 0 Å². The van der Waals surface area contributed by atoms with Gasteiger partial charge in [-0.2, -0.15) is 0 Å². The number of benzene rings is 1. The average Bonchev–Trinajstić information content (AvgIpc) is 3.00. The molecule has 1 saturated heterocycles. The van der Waals surface area contributed by atoms with Gasteiger partial charge in [0, 0.05) is 13.2 Å². The summed E-state index contributed by atoms with van der Waals surface area (Å²) >= 11 is 0. The number of H-pyrrole nitrogens is 2. The van der Waals surface area contributed by atoms with Gasteiger partial charge in [0.15, 0.2) is 0 Å². The second-order valence-corrected chi connectivity index (χ2v) is 5.15. The summed E-state index contributed by atoms with van der Waals surface area (Å²) in [4.78, 5) is 28.6. The fraction of sp³-hybridized carbons (Fsp3) is 0.429. The lowest BCUT2D eigenvalue weighted by molar-refractivity contribution is -0.126. The van der Waals surface area contributed by atoms with Gasteiger partial charge in [-0.05, 0) is 31.0 Å². The molecule has 0 bridgehead atoms. The zero-order valence-corrected chi connectivity index (χ0v) is 11.2. The van der Waals surface area contributed by atoms with E-state index in [9.17, 15) is 9.59 Å². The van der Waals surface area contributed by atoms with Crippen LogP contribution in [0.3, 0.4) is 0 Å². The predicted octanol–water partition coefficient (Wildman–Crippen LogP) is 0.897. The number of hydrogen-bond donors (Lipinski definition) is 3. The summed E-state index contributed by atoms with van der Waals surface area (Å²) in [7, 11) is 0. The fourth-order valence-corrected chi connectivity index (χ4v) is 2.59. The van der Waals surface area contributed by atoms with Crippen LogP contribution in [0, 0.1) is 5.92 Å². The van der Waals surface area contributed by atoms with Gasteiger partial charge in [-0.15, -0.1) is 0 Å². The van der Waals surface area contributed by atoms with Crippen LogP contribution in [0.15, 0.2) is 23.0 Å². The lowest BCUT2D eigenvalue weighted by atomic mass is 10.0. The molecule has 106 valence electrons. The third kappa shape index (κ3) is 2.46. The monoisotopic (exact) mass is 275 g/mol. The molecular formula is C14H17N3O3. The minimum absolute atomic E-state index is 0.0153. The molecule has 1 aromatic heterocycles. The molecular weight excluding hydrogens is 258 g/mol. The van der Waals surface area contributed by atoms with Gasteiger partial charge in [0.05, 0.1) is 23.1 Å². The van der Waals surface area contributed by atoms with Gasteiger partial charge >= 0.3 is 5.69 Å². The molecule has 2 heterocycles. The van der Waals surface area contributed by atoms with Gasteiger partial charge in [0.2, 0.25) is 5.91 Å². The Morgan fingerprint density at radius 1 is 1.40 bits per heavy atom. The van der Waals surface area contributed by atoms with Gasteiger partial charge in [-0.25, -0.2) is 4.79 Å². The largest absolute Gasteiger partial charge is 0.378 e. The number of carbonyl (C=O) groups excluding carboxylic acids is 1. The summed E-state index contributed by atoms with van der Waals surface area (Å²) in [6.07, 6.45) is 0.760. The van der Waals surface area contributed by atoms with Crippen molar-refractivity contribution < 1.29 is 9.53 Å². The maximum Gasteiger partial charge on any atom is 0.323 e. The topological polar surface area (TPSA) is 87.0 Å². The van der Waals surface area contributed by atoms with E-state index >= 15 is 0 Å². The number of aromatic amines is 2. The molecule has 0 unspecified atom stereocenters. The highest BCUT2D eigenvalue weighted by Crippen LogP contribution is 2.20. The van der Waals surface area contributed by atoms with Gasteiger partial charge < -0.3 is 20.0 Å². The molecule has 1 aromatic carbocycles. The first-order valence-electron chi connectivity index (χ1n) is 6.74. The van der Waals surface area contributed by atoms with Crippen LogP contribution in [-0.2, 0) is 16.1 Å². The van der Waals surface area contributed by atoms with Crippen LogP contribution in [0.1, 0.15) is 18.9 Å². The van der Waals surface area contributed by atoms with E-state index < -0.39 is 0 Å². The Hall–Kier alpha value is -2.08. The quantitative estimate of drug-likeness (QED) is 0.777. The highest BCUT2D eigenvalue weighted by Gasteiger charge is 2.30. The normalized spacial score (nSPS) is 22.2. The number of fused-ring (bicyclic) bond motifs is 1. The Morgan fingerprint density at radius 2 is 2.20 bits per heavy atom. The number of aromatic nitrogens is 2. The number of ether oxygens (including phenoxy) is 1. The molecule has 1 aliphatic heterocycles. The number of amides is 1. The van der Waals surface area contributed by atoms with Crippen molar-refractivity contribution in [3.05, 3.63) is 34.2 Å². The molecule has 1 aliphatic rings. The van der Waals surface area contributed by atoms with Crippen LogP contribution in [0.5, 0.6) is 0 Å². The Balaban J connectivity index is 1.67. The van der Waals surface area contributed by atoms with E-state index in [2.05, 4.69) is 15.3 Å². The second-order valence-electron chi connectivity index (χ2n) is 5.15. The van der Waals surface area contributed by atoms with E-state index in [1.54, 1.807) is 0 Å². The number of hydrogen-bond acceptors (Lipinski definition) is 3. The van der Waals surface area contributed by atoms with Crippen LogP contribution in [0.2, 0.25) is 0 Å². The van der Waals surface area contributed by atoms with Crippen LogP contribution < -0.4 is 11.0 Å². The number of nitrogens with one attached hydrogen (secondary N) is 3. The molecule has 0 radical (unpaired) electrons. The number of rotatable bonds is 3. The van der Waals surface area contributed by atoms with Crippen LogP contribution in [0.4, 0.5) is 0 Å². The molecule has 3 rings (SSSR count). The van der Waals surface area contributed by atoms with Crippen molar-refractivity contribution in [1.82, 2.24) is 15.3 Å². The van der Waals surface area contributed by atoms with Crippen molar-refractivity contribution in [3.8, 4) is 0 Å². The van der Waals surface area contributed by atoms with E-state index in [0.29, 0.717) is 13.2 Å². The smallest absolute Gasteiger partial charge is 0.323 e. The maximum atomic E-state index is 12.0. The Labute approximate surface area is 115 Å². The molecule has 0 aliphatic carbocycles. The minimum Gasteiger partial charge on any atom is -0.378 e. The summed E-state index contributed by atoms with van der Waals surface area (Å²) in [5.41, 5.74) is 2.24. The first kappa shape index (κ1) is 12.9. The van der Waals surface area contributed by atoms with Gasteiger partial charge in [-0.3, -0.25) is 4.79 Å². The lowest BCUT2D eigenvalue weighted by Crippen LogP contribution is -2.33. The van der Waals surface area contributed by atoms with E-state index in [4.69, 9.17) is 4.74 Å². The van der Waals surface area contributed by atoms with Gasteiger partial charge in [-0.1, -0.05) is 6.07 Å². The molecule has 6 nitrogen and oxygen atoms in total. The van der Waals surface area contributed by atoms with Crippen molar-refractivity contribution in [2.24, 2.45) is 5.92 Å². The predicted molar refractivity (Wildman–Crippen MR) is 74.3 cm³/mol. The molecule has 2 atom stereocenters. The molecule has 3 N–H and O–H groups in total. The van der Waals surface area contributed by atoms with E-state index in [-0.39, 0.29) is 23.6 Å². The molecule has 1 fully saturated rings. The average molecular weight is 275 g/mol. The van der Waals surface area contributed by atoms with Crippen molar-refractivity contribution in [3.63, 3.8) is 0 Å². The van der Waals surface area contributed by atoms with E-state index in [1.807, 2.05) is 25.1 Å².